The van der Waals surface area contributed by atoms with Crippen molar-refractivity contribution in [3.63, 3.8) is 0 Å². The van der Waals surface area contributed by atoms with E-state index in [4.69, 9.17) is 4.74 Å². The first-order valence-corrected chi connectivity index (χ1v) is 7.09. The highest BCUT2D eigenvalue weighted by Crippen LogP contribution is 2.24. The molecule has 0 bridgehead atoms. The molecule has 0 aliphatic rings. The summed E-state index contributed by atoms with van der Waals surface area (Å²) in [7, 11) is 1.51. The van der Waals surface area contributed by atoms with Crippen molar-refractivity contribution in [3.8, 4) is 5.75 Å². The summed E-state index contributed by atoms with van der Waals surface area (Å²) in [5.74, 6) is -1.44. The van der Waals surface area contributed by atoms with Crippen LogP contribution < -0.4 is 10.1 Å². The molecule has 2 rings (SSSR count). The Bertz CT molecular complexity index is 649. The highest BCUT2D eigenvalue weighted by Gasteiger charge is 2.09. The lowest BCUT2D eigenvalue weighted by Crippen LogP contribution is -2.14. The number of halogens is 2. The second-order valence-corrected chi connectivity index (χ2v) is 5.16. The fraction of sp³-hybridized carbons (Fsp3) is 0.133. The van der Waals surface area contributed by atoms with E-state index in [1.54, 1.807) is 24.3 Å². The molecule has 0 fully saturated rings. The first-order chi connectivity index (χ1) is 10.1. The number of ether oxygens (including phenoxy) is 1. The number of carbonyl (C=O) groups excluding carboxylic acids is 1. The van der Waals surface area contributed by atoms with E-state index in [0.717, 1.165) is 23.9 Å². The molecule has 1 amide bonds. The van der Waals surface area contributed by atoms with Gasteiger partial charge in [0.25, 0.3) is 0 Å². The number of hydrogen-bond acceptors (Lipinski definition) is 3. The van der Waals surface area contributed by atoms with Crippen molar-refractivity contribution in [2.45, 2.75) is 4.90 Å². The predicted octanol–water partition coefficient (Wildman–Crippen LogP) is 3.70. The SMILES string of the molecule is COc1ccccc1NC(=O)CSc1ccc(F)c(F)c1. The van der Waals surface area contributed by atoms with Crippen LogP contribution in [0.25, 0.3) is 0 Å². The molecule has 0 saturated heterocycles. The highest BCUT2D eigenvalue weighted by atomic mass is 32.2. The first kappa shape index (κ1) is 15.3. The van der Waals surface area contributed by atoms with Crippen LogP contribution in [0.15, 0.2) is 47.4 Å². The highest BCUT2D eigenvalue weighted by molar-refractivity contribution is 8.00. The van der Waals surface area contributed by atoms with Crippen LogP contribution in [0.4, 0.5) is 14.5 Å². The Hall–Kier alpha value is -2.08. The molecule has 0 radical (unpaired) electrons. The fourth-order valence-corrected chi connectivity index (χ4v) is 2.37. The van der Waals surface area contributed by atoms with Crippen LogP contribution in [0.2, 0.25) is 0 Å². The standard InChI is InChI=1S/C15H13F2NO2S/c1-20-14-5-3-2-4-13(14)18-15(19)9-21-10-6-7-11(16)12(17)8-10/h2-8H,9H2,1H3,(H,18,19). The number of para-hydroxylation sites is 2. The van der Waals surface area contributed by atoms with Gasteiger partial charge in [-0.3, -0.25) is 4.79 Å². The van der Waals surface area contributed by atoms with Gasteiger partial charge < -0.3 is 10.1 Å². The summed E-state index contributed by atoms with van der Waals surface area (Å²) in [6, 6.07) is 10.6. The third kappa shape index (κ3) is 4.19. The Morgan fingerprint density at radius 3 is 2.67 bits per heavy atom. The van der Waals surface area contributed by atoms with Crippen LogP contribution in [0.5, 0.6) is 5.75 Å². The van der Waals surface area contributed by atoms with Gasteiger partial charge in [-0.25, -0.2) is 8.78 Å². The molecule has 0 heterocycles. The second-order valence-electron chi connectivity index (χ2n) is 4.11. The summed E-state index contributed by atoms with van der Waals surface area (Å²) >= 11 is 1.12. The zero-order chi connectivity index (χ0) is 15.2. The summed E-state index contributed by atoms with van der Waals surface area (Å²) in [4.78, 5) is 12.3. The Balaban J connectivity index is 1.94. The summed E-state index contributed by atoms with van der Waals surface area (Å²) < 4.78 is 31.0. The van der Waals surface area contributed by atoms with Crippen molar-refractivity contribution in [3.05, 3.63) is 54.1 Å². The Morgan fingerprint density at radius 2 is 1.95 bits per heavy atom. The average Bonchev–Trinajstić information content (AvgIpc) is 2.49. The van der Waals surface area contributed by atoms with Crippen molar-refractivity contribution < 1.29 is 18.3 Å². The lowest BCUT2D eigenvalue weighted by molar-refractivity contribution is -0.113. The molecule has 0 saturated carbocycles. The molecular weight excluding hydrogens is 296 g/mol. The quantitative estimate of drug-likeness (QED) is 0.856. The van der Waals surface area contributed by atoms with E-state index >= 15 is 0 Å². The molecule has 0 unspecified atom stereocenters. The third-order valence-electron chi connectivity index (χ3n) is 2.64. The summed E-state index contributed by atoms with van der Waals surface area (Å²) in [6.45, 7) is 0. The normalized spacial score (nSPS) is 10.2. The molecule has 2 aromatic carbocycles. The minimum Gasteiger partial charge on any atom is -0.495 e. The van der Waals surface area contributed by atoms with Crippen molar-refractivity contribution in [1.29, 1.82) is 0 Å². The smallest absolute Gasteiger partial charge is 0.234 e. The van der Waals surface area contributed by atoms with E-state index in [0.29, 0.717) is 16.3 Å². The average molecular weight is 309 g/mol. The fourth-order valence-electron chi connectivity index (χ4n) is 1.65. The van der Waals surface area contributed by atoms with E-state index in [-0.39, 0.29) is 11.7 Å². The van der Waals surface area contributed by atoms with Gasteiger partial charge in [-0.05, 0) is 30.3 Å². The van der Waals surface area contributed by atoms with Gasteiger partial charge in [-0.1, -0.05) is 12.1 Å². The topological polar surface area (TPSA) is 38.3 Å². The first-order valence-electron chi connectivity index (χ1n) is 6.11. The zero-order valence-corrected chi connectivity index (χ0v) is 12.0. The van der Waals surface area contributed by atoms with Gasteiger partial charge in [0.1, 0.15) is 5.75 Å². The molecule has 6 heteroatoms. The molecule has 1 N–H and O–H groups in total. The molecule has 0 atom stereocenters. The number of hydrogen-bond donors (Lipinski definition) is 1. The molecule has 0 aromatic heterocycles. The molecule has 110 valence electrons. The van der Waals surface area contributed by atoms with Gasteiger partial charge in [0.05, 0.1) is 18.6 Å². The Morgan fingerprint density at radius 1 is 1.19 bits per heavy atom. The Kier molecular flexibility index (Phi) is 5.16. The summed E-state index contributed by atoms with van der Waals surface area (Å²) in [5.41, 5.74) is 0.566. The van der Waals surface area contributed by atoms with Crippen LogP contribution in [-0.4, -0.2) is 18.8 Å². The minimum absolute atomic E-state index is 0.0864. The predicted molar refractivity (Wildman–Crippen MR) is 78.7 cm³/mol. The van der Waals surface area contributed by atoms with Crippen LogP contribution in [-0.2, 0) is 4.79 Å². The van der Waals surface area contributed by atoms with Gasteiger partial charge in [-0.15, -0.1) is 11.8 Å². The van der Waals surface area contributed by atoms with Gasteiger partial charge in [-0.2, -0.15) is 0 Å². The van der Waals surface area contributed by atoms with E-state index in [9.17, 15) is 13.6 Å². The molecule has 0 spiro atoms. The monoisotopic (exact) mass is 309 g/mol. The summed E-state index contributed by atoms with van der Waals surface area (Å²) in [6.07, 6.45) is 0. The summed E-state index contributed by atoms with van der Waals surface area (Å²) in [5, 5.41) is 2.71. The van der Waals surface area contributed by atoms with Crippen LogP contribution >= 0.6 is 11.8 Å². The van der Waals surface area contributed by atoms with Gasteiger partial charge in [0.2, 0.25) is 5.91 Å². The molecule has 21 heavy (non-hydrogen) atoms. The molecule has 2 aromatic rings. The molecule has 0 aliphatic carbocycles. The molecule has 0 aliphatic heterocycles. The van der Waals surface area contributed by atoms with Gasteiger partial charge >= 0.3 is 0 Å². The van der Waals surface area contributed by atoms with Crippen molar-refractivity contribution >= 4 is 23.4 Å². The van der Waals surface area contributed by atoms with Crippen LogP contribution in [0, 0.1) is 11.6 Å². The van der Waals surface area contributed by atoms with Crippen LogP contribution in [0.3, 0.4) is 0 Å². The number of carbonyl (C=O) groups is 1. The van der Waals surface area contributed by atoms with Crippen molar-refractivity contribution in [2.75, 3.05) is 18.2 Å². The zero-order valence-electron chi connectivity index (χ0n) is 11.2. The van der Waals surface area contributed by atoms with Gasteiger partial charge in [0.15, 0.2) is 11.6 Å². The number of rotatable bonds is 5. The molecular formula is C15H13F2NO2S. The number of benzene rings is 2. The van der Waals surface area contributed by atoms with E-state index in [1.807, 2.05) is 0 Å². The van der Waals surface area contributed by atoms with E-state index < -0.39 is 11.6 Å². The largest absolute Gasteiger partial charge is 0.495 e. The maximum absolute atomic E-state index is 13.0. The van der Waals surface area contributed by atoms with Crippen molar-refractivity contribution in [2.24, 2.45) is 0 Å². The number of anilines is 1. The Labute approximate surface area is 125 Å². The minimum atomic E-state index is -0.926. The van der Waals surface area contributed by atoms with Crippen molar-refractivity contribution in [1.82, 2.24) is 0 Å². The van der Waals surface area contributed by atoms with E-state index in [1.165, 1.54) is 13.2 Å². The van der Waals surface area contributed by atoms with Crippen LogP contribution in [0.1, 0.15) is 0 Å². The number of thioether (sulfide) groups is 1. The number of nitrogens with one attached hydrogen (secondary N) is 1. The van der Waals surface area contributed by atoms with Gasteiger partial charge in [0, 0.05) is 4.90 Å². The number of amides is 1. The van der Waals surface area contributed by atoms with E-state index in [2.05, 4.69) is 5.32 Å². The maximum atomic E-state index is 13.0. The second kappa shape index (κ2) is 7.08. The number of methoxy groups -OCH3 is 1. The maximum Gasteiger partial charge on any atom is 0.234 e. The molecule has 3 nitrogen and oxygen atoms in total. The lowest BCUT2D eigenvalue weighted by atomic mass is 10.3. The third-order valence-corrected chi connectivity index (χ3v) is 3.64. The lowest BCUT2D eigenvalue weighted by Gasteiger charge is -2.09.